The third-order valence-electron chi connectivity index (χ3n) is 14.2. The number of aliphatic hydroxyl groups is 2. The average molecular weight is 959 g/mol. The van der Waals surface area contributed by atoms with Crippen molar-refractivity contribution < 1.29 is 24.5 Å². The van der Waals surface area contributed by atoms with E-state index in [0.717, 1.165) is 51.4 Å². The zero-order chi connectivity index (χ0) is 49.3. The summed E-state index contributed by atoms with van der Waals surface area (Å²) in [6.07, 6.45) is 70.6. The Kier molecular flexibility index (Phi) is 56.5. The van der Waals surface area contributed by atoms with Crippen LogP contribution in [0.4, 0.5) is 0 Å². The zero-order valence-electron chi connectivity index (χ0n) is 45.9. The summed E-state index contributed by atoms with van der Waals surface area (Å²) in [5.41, 5.74) is 0. The molecular weight excluding hydrogens is 839 g/mol. The van der Waals surface area contributed by atoms with Crippen molar-refractivity contribution in [3.05, 3.63) is 24.3 Å². The molecule has 0 fully saturated rings. The van der Waals surface area contributed by atoms with Crippen LogP contribution in [-0.4, -0.2) is 47.4 Å². The third kappa shape index (κ3) is 53.7. The minimum atomic E-state index is -0.851. The second kappa shape index (κ2) is 57.9. The molecule has 0 aliphatic heterocycles. The number of hydrogen-bond donors (Lipinski definition) is 3. The van der Waals surface area contributed by atoms with Gasteiger partial charge in [0.1, 0.15) is 0 Å². The van der Waals surface area contributed by atoms with Crippen LogP contribution in [0, 0.1) is 0 Å². The van der Waals surface area contributed by atoms with E-state index in [2.05, 4.69) is 31.3 Å². The fourth-order valence-corrected chi connectivity index (χ4v) is 9.51. The summed E-state index contributed by atoms with van der Waals surface area (Å²) in [5.74, 6) is -0.0699. The molecule has 0 radical (unpaired) electrons. The fourth-order valence-electron chi connectivity index (χ4n) is 9.51. The first-order chi connectivity index (χ1) is 33.5. The van der Waals surface area contributed by atoms with Crippen molar-refractivity contribution in [1.29, 1.82) is 0 Å². The lowest BCUT2D eigenvalue weighted by Gasteiger charge is -2.20. The van der Waals surface area contributed by atoms with Gasteiger partial charge in [-0.3, -0.25) is 9.59 Å². The third-order valence-corrected chi connectivity index (χ3v) is 14.2. The maximum Gasteiger partial charge on any atom is 0.305 e. The molecule has 0 aromatic heterocycles. The Morgan fingerprint density at radius 2 is 0.691 bits per heavy atom. The van der Waals surface area contributed by atoms with Gasteiger partial charge in [-0.05, 0) is 57.8 Å². The molecule has 6 heteroatoms. The number of carbonyl (C=O) groups is 2. The first-order valence-corrected chi connectivity index (χ1v) is 30.6. The van der Waals surface area contributed by atoms with Gasteiger partial charge < -0.3 is 20.3 Å². The molecule has 0 heterocycles. The van der Waals surface area contributed by atoms with Crippen LogP contribution in [0.2, 0.25) is 0 Å². The summed E-state index contributed by atoms with van der Waals surface area (Å²) < 4.78 is 5.47. The van der Waals surface area contributed by atoms with Gasteiger partial charge in [0, 0.05) is 12.8 Å². The van der Waals surface area contributed by atoms with Gasteiger partial charge in [0.25, 0.3) is 0 Å². The maximum atomic E-state index is 12.5. The highest BCUT2D eigenvalue weighted by atomic mass is 16.5. The largest absolute Gasteiger partial charge is 0.466 e. The Labute approximate surface area is 424 Å². The van der Waals surface area contributed by atoms with E-state index in [4.69, 9.17) is 4.74 Å². The number of amides is 1. The summed E-state index contributed by atoms with van der Waals surface area (Å²) >= 11 is 0. The van der Waals surface area contributed by atoms with Gasteiger partial charge in [0.05, 0.1) is 25.4 Å². The molecule has 0 aromatic rings. The van der Waals surface area contributed by atoms with E-state index in [1.165, 1.54) is 257 Å². The van der Waals surface area contributed by atoms with Crippen LogP contribution in [0.5, 0.6) is 0 Å². The highest BCUT2D eigenvalue weighted by Gasteiger charge is 2.18. The van der Waals surface area contributed by atoms with Gasteiger partial charge in [-0.2, -0.15) is 0 Å². The second-order valence-corrected chi connectivity index (χ2v) is 21.0. The van der Waals surface area contributed by atoms with Crippen molar-refractivity contribution in [2.24, 2.45) is 0 Å². The molecule has 1 amide bonds. The molecule has 6 nitrogen and oxygen atoms in total. The van der Waals surface area contributed by atoms with E-state index in [-0.39, 0.29) is 18.5 Å². The van der Waals surface area contributed by atoms with Gasteiger partial charge in [-0.1, -0.05) is 289 Å². The number of carbonyl (C=O) groups excluding carboxylic acids is 2. The van der Waals surface area contributed by atoms with E-state index >= 15 is 0 Å². The van der Waals surface area contributed by atoms with Gasteiger partial charge in [-0.25, -0.2) is 0 Å². The average Bonchev–Trinajstić information content (AvgIpc) is 3.34. The Bertz CT molecular complexity index is 1060. The maximum absolute atomic E-state index is 12.5. The van der Waals surface area contributed by atoms with Gasteiger partial charge >= 0.3 is 5.97 Å². The van der Waals surface area contributed by atoms with Crippen LogP contribution in [0.3, 0.4) is 0 Å². The summed E-state index contributed by atoms with van der Waals surface area (Å²) in [4.78, 5) is 24.5. The van der Waals surface area contributed by atoms with Crippen LogP contribution in [-0.2, 0) is 14.3 Å². The summed E-state index contributed by atoms with van der Waals surface area (Å²) in [6, 6.07) is -0.635. The van der Waals surface area contributed by atoms with Gasteiger partial charge in [-0.15, -0.1) is 0 Å². The van der Waals surface area contributed by atoms with E-state index in [1.54, 1.807) is 6.08 Å². The number of nitrogens with one attached hydrogen (secondary N) is 1. The molecule has 2 unspecified atom stereocenters. The van der Waals surface area contributed by atoms with Crippen molar-refractivity contribution >= 4 is 11.9 Å². The minimum Gasteiger partial charge on any atom is -0.466 e. The Balaban J connectivity index is 3.47. The molecule has 0 spiro atoms. The predicted molar refractivity (Wildman–Crippen MR) is 296 cm³/mol. The number of allylic oxidation sites excluding steroid dienone is 3. The Morgan fingerprint density at radius 3 is 1.04 bits per heavy atom. The molecule has 68 heavy (non-hydrogen) atoms. The first kappa shape index (κ1) is 66.3. The van der Waals surface area contributed by atoms with Gasteiger partial charge in [0.2, 0.25) is 5.91 Å². The number of unbranched alkanes of at least 4 members (excludes halogenated alkanes) is 44. The van der Waals surface area contributed by atoms with Crippen molar-refractivity contribution in [3.8, 4) is 0 Å². The molecular formula is C62H119NO5. The summed E-state index contributed by atoms with van der Waals surface area (Å²) in [7, 11) is 0. The second-order valence-electron chi connectivity index (χ2n) is 21.0. The number of hydrogen-bond acceptors (Lipinski definition) is 5. The summed E-state index contributed by atoms with van der Waals surface area (Å²) in [6.45, 7) is 4.91. The standard InChI is InChI=1S/C62H119NO5/c1-3-5-7-9-11-13-15-17-18-19-21-24-27-31-34-38-42-46-50-54-60(65)59(58-64)63-61(66)55-51-47-43-39-35-32-28-25-22-20-23-26-29-33-37-41-45-49-53-57-68-62(67)56-52-48-44-40-36-30-16-14-12-10-8-6-4-2/h20,22,50,54,59-60,64-65H,3-19,21,23-49,51-53,55-58H2,1-2H3,(H,63,66)/b22-20-,54-50+. The monoisotopic (exact) mass is 958 g/mol. The topological polar surface area (TPSA) is 95.9 Å². The molecule has 0 aromatic carbocycles. The van der Waals surface area contributed by atoms with E-state index < -0.39 is 12.1 Å². The molecule has 0 bridgehead atoms. The highest BCUT2D eigenvalue weighted by molar-refractivity contribution is 5.76. The smallest absolute Gasteiger partial charge is 0.305 e. The number of rotatable bonds is 57. The lowest BCUT2D eigenvalue weighted by Crippen LogP contribution is -2.45. The van der Waals surface area contributed by atoms with Crippen LogP contribution < -0.4 is 5.32 Å². The van der Waals surface area contributed by atoms with Gasteiger partial charge in [0.15, 0.2) is 0 Å². The molecule has 0 saturated heterocycles. The molecule has 2 atom stereocenters. The van der Waals surface area contributed by atoms with Crippen molar-refractivity contribution in [2.45, 2.75) is 347 Å². The number of aliphatic hydroxyl groups excluding tert-OH is 2. The fraction of sp³-hybridized carbons (Fsp3) is 0.903. The minimum absolute atomic E-state index is 0.00509. The van der Waals surface area contributed by atoms with Crippen molar-refractivity contribution in [1.82, 2.24) is 5.32 Å². The highest BCUT2D eigenvalue weighted by Crippen LogP contribution is 2.17. The van der Waals surface area contributed by atoms with Crippen molar-refractivity contribution in [3.63, 3.8) is 0 Å². The molecule has 0 rings (SSSR count). The van der Waals surface area contributed by atoms with Crippen molar-refractivity contribution in [2.75, 3.05) is 13.2 Å². The van der Waals surface area contributed by atoms with Crippen LogP contribution in [0.25, 0.3) is 0 Å². The summed E-state index contributed by atoms with van der Waals surface area (Å²) in [5, 5.41) is 23.2. The van der Waals surface area contributed by atoms with E-state index in [1.807, 2.05) is 6.08 Å². The lowest BCUT2D eigenvalue weighted by atomic mass is 10.0. The molecule has 402 valence electrons. The quantitative estimate of drug-likeness (QED) is 0.0321. The number of esters is 1. The Morgan fingerprint density at radius 1 is 0.397 bits per heavy atom. The van der Waals surface area contributed by atoms with E-state index in [0.29, 0.717) is 19.4 Å². The van der Waals surface area contributed by atoms with Crippen LogP contribution >= 0.6 is 0 Å². The molecule has 0 aliphatic rings. The normalized spacial score (nSPS) is 12.7. The van der Waals surface area contributed by atoms with Crippen LogP contribution in [0.1, 0.15) is 335 Å². The first-order valence-electron chi connectivity index (χ1n) is 30.6. The predicted octanol–water partition coefficient (Wildman–Crippen LogP) is 19.0. The van der Waals surface area contributed by atoms with Crippen LogP contribution in [0.15, 0.2) is 24.3 Å². The van der Waals surface area contributed by atoms with E-state index in [9.17, 15) is 19.8 Å². The molecule has 0 aliphatic carbocycles. The number of ether oxygens (including phenoxy) is 1. The molecule has 3 N–H and O–H groups in total. The molecule has 0 saturated carbocycles. The zero-order valence-corrected chi connectivity index (χ0v) is 45.9. The Hall–Kier alpha value is -1.66. The SMILES string of the molecule is CCCCCCCCCCCCCCCCCCC/C=C/C(O)C(CO)NC(=O)CCCCCCCCC/C=C\CCCCCCCCCCOC(=O)CCCCCCCCCCCCCCC. The lowest BCUT2D eigenvalue weighted by molar-refractivity contribution is -0.143.